The highest BCUT2D eigenvalue weighted by atomic mass is 16.6. The summed E-state index contributed by atoms with van der Waals surface area (Å²) in [4.78, 5) is 12.5. The van der Waals surface area contributed by atoms with Crippen LogP contribution >= 0.6 is 0 Å². The minimum absolute atomic E-state index is 0.00509. The first kappa shape index (κ1) is 26.3. The van der Waals surface area contributed by atoms with Gasteiger partial charge in [-0.05, 0) is 59.2 Å². The van der Waals surface area contributed by atoms with Gasteiger partial charge < -0.3 is 24.4 Å². The van der Waals surface area contributed by atoms with Gasteiger partial charge in [0.1, 0.15) is 0 Å². The summed E-state index contributed by atoms with van der Waals surface area (Å²) in [6.07, 6.45) is 2.11. The molecule has 0 bridgehead atoms. The molecule has 0 radical (unpaired) electrons. The third-order valence-electron chi connectivity index (χ3n) is 6.30. The van der Waals surface area contributed by atoms with E-state index in [0.717, 1.165) is 29.5 Å². The van der Waals surface area contributed by atoms with Crippen LogP contribution in [0.15, 0.2) is 66.7 Å². The van der Waals surface area contributed by atoms with E-state index < -0.39 is 17.7 Å². The zero-order chi connectivity index (χ0) is 25.4. The van der Waals surface area contributed by atoms with E-state index in [1.165, 1.54) is 0 Å². The van der Waals surface area contributed by atoms with E-state index in [1.54, 1.807) is 20.3 Å². The summed E-state index contributed by atoms with van der Waals surface area (Å²) >= 11 is 0. The molecular formula is C29H34O6. The number of carboxylic acids is 1. The number of carboxylic acid groups (broad SMARTS) is 1. The lowest BCUT2D eigenvalue weighted by molar-refractivity contribution is -0.228. The lowest BCUT2D eigenvalue weighted by Crippen LogP contribution is -2.48. The van der Waals surface area contributed by atoms with Crippen molar-refractivity contribution in [3.05, 3.63) is 94.5 Å². The van der Waals surface area contributed by atoms with E-state index in [1.807, 2.05) is 60.7 Å². The van der Waals surface area contributed by atoms with E-state index in [-0.39, 0.29) is 6.61 Å². The highest BCUT2D eigenvalue weighted by molar-refractivity contribution is 5.78. The van der Waals surface area contributed by atoms with Crippen molar-refractivity contribution in [2.24, 2.45) is 0 Å². The maximum atomic E-state index is 12.5. The first-order chi connectivity index (χ1) is 16.9. The van der Waals surface area contributed by atoms with Crippen LogP contribution in [-0.4, -0.2) is 42.8 Å². The number of ether oxygens (including phenoxy) is 3. The maximum absolute atomic E-state index is 12.5. The fourth-order valence-electron chi connectivity index (χ4n) is 4.17. The molecule has 1 unspecified atom stereocenters. The number of aliphatic hydroxyl groups is 1. The van der Waals surface area contributed by atoms with Crippen molar-refractivity contribution in [3.8, 4) is 11.5 Å². The minimum Gasteiger partial charge on any atom is -0.493 e. The van der Waals surface area contributed by atoms with Gasteiger partial charge in [-0.3, -0.25) is 0 Å². The highest BCUT2D eigenvalue weighted by Crippen LogP contribution is 2.37. The molecule has 0 aromatic heterocycles. The monoisotopic (exact) mass is 478 g/mol. The second kappa shape index (κ2) is 11.9. The first-order valence-electron chi connectivity index (χ1n) is 11.8. The third-order valence-corrected chi connectivity index (χ3v) is 6.30. The van der Waals surface area contributed by atoms with Crippen molar-refractivity contribution in [2.75, 3.05) is 20.8 Å². The fraction of sp³-hybridized carbons (Fsp3) is 0.345. The fourth-order valence-corrected chi connectivity index (χ4v) is 4.17. The number of rotatable bonds is 12. The average Bonchev–Trinajstić information content (AvgIpc) is 2.89. The molecule has 1 atom stereocenters. The Morgan fingerprint density at radius 2 is 1.29 bits per heavy atom. The number of hydrogen-bond acceptors (Lipinski definition) is 5. The summed E-state index contributed by atoms with van der Waals surface area (Å²) in [6, 6.07) is 20.7. The van der Waals surface area contributed by atoms with Crippen LogP contribution in [0.2, 0.25) is 0 Å². The number of hydrogen-bond donors (Lipinski definition) is 2. The topological polar surface area (TPSA) is 85.2 Å². The lowest BCUT2D eigenvalue weighted by Gasteiger charge is -2.33. The lowest BCUT2D eigenvalue weighted by atomic mass is 9.83. The van der Waals surface area contributed by atoms with Crippen LogP contribution in [0.5, 0.6) is 11.5 Å². The summed E-state index contributed by atoms with van der Waals surface area (Å²) in [5.74, 6) is -3.64. The molecular weight excluding hydrogens is 444 g/mol. The molecule has 6 nitrogen and oxygen atoms in total. The van der Waals surface area contributed by atoms with Gasteiger partial charge in [-0.15, -0.1) is 0 Å². The molecule has 0 aliphatic carbocycles. The van der Waals surface area contributed by atoms with E-state index in [9.17, 15) is 15.0 Å². The highest BCUT2D eigenvalue weighted by Gasteiger charge is 2.47. The number of benzene rings is 3. The second-order valence-electron chi connectivity index (χ2n) is 8.41. The van der Waals surface area contributed by atoms with Gasteiger partial charge in [-0.25, -0.2) is 4.79 Å². The summed E-state index contributed by atoms with van der Waals surface area (Å²) in [7, 11) is 3.12. The number of aryl methyl sites for hydroxylation is 2. The molecule has 0 aliphatic heterocycles. The Balaban J connectivity index is 1.92. The third kappa shape index (κ3) is 6.02. The van der Waals surface area contributed by atoms with Crippen LogP contribution in [0.1, 0.15) is 47.6 Å². The normalized spacial score (nSPS) is 12.9. The van der Waals surface area contributed by atoms with Crippen molar-refractivity contribution in [2.45, 2.75) is 44.8 Å². The van der Waals surface area contributed by atoms with Gasteiger partial charge in [0.15, 0.2) is 11.5 Å². The molecule has 6 heteroatoms. The van der Waals surface area contributed by atoms with Crippen molar-refractivity contribution < 1.29 is 29.2 Å². The van der Waals surface area contributed by atoms with Gasteiger partial charge in [0.05, 0.1) is 26.7 Å². The molecule has 3 aromatic rings. The zero-order valence-electron chi connectivity index (χ0n) is 20.8. The molecule has 3 aromatic carbocycles. The Bertz CT molecular complexity index is 1060. The van der Waals surface area contributed by atoms with Crippen LogP contribution in [0, 0.1) is 0 Å². The van der Waals surface area contributed by atoms with Crippen molar-refractivity contribution in [1.29, 1.82) is 0 Å². The summed E-state index contributed by atoms with van der Waals surface area (Å²) in [5, 5.41) is 21.7. The van der Waals surface area contributed by atoms with Gasteiger partial charge in [-0.2, -0.15) is 0 Å². The van der Waals surface area contributed by atoms with Gasteiger partial charge in [0, 0.05) is 0 Å². The molecule has 0 saturated heterocycles. The smallest absolute Gasteiger partial charge is 0.365 e. The molecule has 0 saturated carbocycles. The van der Waals surface area contributed by atoms with Crippen LogP contribution in [0.3, 0.4) is 0 Å². The van der Waals surface area contributed by atoms with Crippen molar-refractivity contribution in [1.82, 2.24) is 0 Å². The predicted octanol–water partition coefficient (Wildman–Crippen LogP) is 4.99. The Morgan fingerprint density at radius 1 is 0.800 bits per heavy atom. The van der Waals surface area contributed by atoms with E-state index in [4.69, 9.17) is 14.2 Å². The number of aliphatic carboxylic acids is 1. The molecule has 3 rings (SSSR count). The van der Waals surface area contributed by atoms with Gasteiger partial charge in [0.25, 0.3) is 5.79 Å². The quantitative estimate of drug-likeness (QED) is 0.357. The molecule has 2 N–H and O–H groups in total. The zero-order valence-corrected chi connectivity index (χ0v) is 20.8. The maximum Gasteiger partial charge on any atom is 0.365 e. The molecule has 0 heterocycles. The summed E-state index contributed by atoms with van der Waals surface area (Å²) in [6.45, 7) is 4.11. The Kier molecular flexibility index (Phi) is 8.90. The summed E-state index contributed by atoms with van der Waals surface area (Å²) in [5.41, 5.74) is 4.46. The van der Waals surface area contributed by atoms with Crippen molar-refractivity contribution in [3.63, 3.8) is 0 Å². The molecule has 0 aliphatic rings. The van der Waals surface area contributed by atoms with Crippen LogP contribution in [0.25, 0.3) is 0 Å². The van der Waals surface area contributed by atoms with Crippen LogP contribution in [-0.2, 0) is 28.8 Å². The van der Waals surface area contributed by atoms with Crippen LogP contribution < -0.4 is 9.47 Å². The van der Waals surface area contributed by atoms with Gasteiger partial charge in [0.2, 0.25) is 0 Å². The van der Waals surface area contributed by atoms with E-state index >= 15 is 0 Å². The number of methoxy groups -OCH3 is 2. The SMILES string of the molecule is CCc1ccc(C(c2ccc(CC)cc2)C(O)(OCCc2ccc(OC)c(OC)c2)C(=O)O)cc1. The Labute approximate surface area is 207 Å². The molecule has 0 fully saturated rings. The van der Waals surface area contributed by atoms with E-state index in [0.29, 0.717) is 29.0 Å². The average molecular weight is 479 g/mol. The van der Waals surface area contributed by atoms with E-state index in [2.05, 4.69) is 13.8 Å². The largest absolute Gasteiger partial charge is 0.493 e. The Hall–Kier alpha value is -3.35. The standard InChI is InChI=1S/C29H34O6/c1-5-20-7-12-23(13-8-20)27(24-14-9-21(6-2)10-15-24)29(32,28(30)31)35-18-17-22-11-16-25(33-3)26(19-22)34-4/h7-16,19,27,32H,5-6,17-18H2,1-4H3,(H,30,31). The molecule has 35 heavy (non-hydrogen) atoms. The molecule has 0 spiro atoms. The molecule has 0 amide bonds. The second-order valence-corrected chi connectivity index (χ2v) is 8.41. The van der Waals surface area contributed by atoms with Gasteiger partial charge in [-0.1, -0.05) is 68.4 Å². The number of carbonyl (C=O) groups is 1. The minimum atomic E-state index is -2.46. The van der Waals surface area contributed by atoms with Crippen molar-refractivity contribution >= 4 is 5.97 Å². The predicted molar refractivity (Wildman–Crippen MR) is 135 cm³/mol. The summed E-state index contributed by atoms with van der Waals surface area (Å²) < 4.78 is 16.4. The van der Waals surface area contributed by atoms with Crippen LogP contribution in [0.4, 0.5) is 0 Å². The Morgan fingerprint density at radius 3 is 1.71 bits per heavy atom. The molecule has 186 valence electrons. The first-order valence-corrected chi connectivity index (χ1v) is 11.8. The van der Waals surface area contributed by atoms with Gasteiger partial charge >= 0.3 is 5.97 Å².